The van der Waals surface area contributed by atoms with Gasteiger partial charge in [0, 0.05) is 23.7 Å². The second-order valence-corrected chi connectivity index (χ2v) is 5.38. The van der Waals surface area contributed by atoms with Crippen LogP contribution in [0.1, 0.15) is 25.5 Å². The first-order valence-electron chi connectivity index (χ1n) is 6.97. The maximum Gasteiger partial charge on any atom is 0.0936 e. The number of aryl methyl sites for hydroxylation is 1. The number of aromatic nitrogens is 1. The molecule has 100 valence electrons. The zero-order valence-corrected chi connectivity index (χ0v) is 11.5. The van der Waals surface area contributed by atoms with Crippen LogP contribution < -0.4 is 5.32 Å². The predicted octanol–water partition coefficient (Wildman–Crippen LogP) is 3.52. The molecule has 3 nitrogen and oxygen atoms in total. The van der Waals surface area contributed by atoms with Crippen molar-refractivity contribution < 1.29 is 4.74 Å². The number of benzene rings is 1. The molecular weight excluding hydrogens is 236 g/mol. The minimum Gasteiger partial charge on any atom is -0.380 e. The molecule has 0 aliphatic carbocycles. The molecule has 0 radical (unpaired) electrons. The van der Waals surface area contributed by atoms with E-state index in [1.54, 1.807) is 0 Å². The molecule has 1 aliphatic heterocycles. The lowest BCUT2D eigenvalue weighted by Crippen LogP contribution is -2.32. The molecule has 3 rings (SSSR count). The first-order chi connectivity index (χ1) is 9.22. The third kappa shape index (κ3) is 2.71. The Morgan fingerprint density at radius 2 is 2.16 bits per heavy atom. The van der Waals surface area contributed by atoms with Crippen LogP contribution in [0, 0.1) is 6.92 Å². The van der Waals surface area contributed by atoms with Crippen molar-refractivity contribution in [1.82, 2.24) is 4.98 Å². The van der Waals surface area contributed by atoms with Gasteiger partial charge in [0.2, 0.25) is 0 Å². The van der Waals surface area contributed by atoms with Crippen LogP contribution in [0.3, 0.4) is 0 Å². The average Bonchev–Trinajstić information content (AvgIpc) is 2.39. The molecule has 2 heterocycles. The predicted molar refractivity (Wildman–Crippen MR) is 78.5 cm³/mol. The zero-order chi connectivity index (χ0) is 13.2. The number of hydrogen-bond acceptors (Lipinski definition) is 3. The SMILES string of the molecule is Cc1ccc2cccc(NC3CCOC(C)C3)c2n1. The maximum atomic E-state index is 5.60. The number of nitrogens with one attached hydrogen (secondary N) is 1. The van der Waals surface area contributed by atoms with Gasteiger partial charge in [0.15, 0.2) is 0 Å². The molecule has 2 atom stereocenters. The highest BCUT2D eigenvalue weighted by Crippen LogP contribution is 2.25. The van der Waals surface area contributed by atoms with Gasteiger partial charge in [-0.3, -0.25) is 4.98 Å². The van der Waals surface area contributed by atoms with Gasteiger partial charge >= 0.3 is 0 Å². The molecule has 2 unspecified atom stereocenters. The molecule has 1 aromatic heterocycles. The summed E-state index contributed by atoms with van der Waals surface area (Å²) in [4.78, 5) is 4.67. The summed E-state index contributed by atoms with van der Waals surface area (Å²) in [6, 6.07) is 11.0. The van der Waals surface area contributed by atoms with Gasteiger partial charge in [0.1, 0.15) is 0 Å². The summed E-state index contributed by atoms with van der Waals surface area (Å²) in [7, 11) is 0. The molecule has 1 aliphatic rings. The number of rotatable bonds is 2. The van der Waals surface area contributed by atoms with E-state index in [1.165, 1.54) is 5.39 Å². The van der Waals surface area contributed by atoms with E-state index in [9.17, 15) is 0 Å². The van der Waals surface area contributed by atoms with Gasteiger partial charge in [-0.1, -0.05) is 18.2 Å². The highest BCUT2D eigenvalue weighted by molar-refractivity contribution is 5.90. The van der Waals surface area contributed by atoms with Gasteiger partial charge in [-0.05, 0) is 38.8 Å². The first-order valence-corrected chi connectivity index (χ1v) is 6.97. The normalized spacial score (nSPS) is 23.5. The van der Waals surface area contributed by atoms with Crippen LogP contribution in [0.4, 0.5) is 5.69 Å². The summed E-state index contributed by atoms with van der Waals surface area (Å²) in [5.41, 5.74) is 3.27. The number of hydrogen-bond donors (Lipinski definition) is 1. The lowest BCUT2D eigenvalue weighted by molar-refractivity contribution is 0.0232. The van der Waals surface area contributed by atoms with E-state index < -0.39 is 0 Å². The second-order valence-electron chi connectivity index (χ2n) is 5.38. The maximum absolute atomic E-state index is 5.60. The molecule has 1 fully saturated rings. The number of nitrogens with zero attached hydrogens (tertiary/aromatic N) is 1. The van der Waals surface area contributed by atoms with Gasteiger partial charge in [-0.25, -0.2) is 0 Å². The fourth-order valence-corrected chi connectivity index (χ4v) is 2.71. The zero-order valence-electron chi connectivity index (χ0n) is 11.5. The summed E-state index contributed by atoms with van der Waals surface area (Å²) in [6.45, 7) is 5.02. The Bertz CT molecular complexity index is 582. The molecular formula is C16H20N2O. The number of fused-ring (bicyclic) bond motifs is 1. The highest BCUT2D eigenvalue weighted by atomic mass is 16.5. The lowest BCUT2D eigenvalue weighted by Gasteiger charge is -2.29. The molecule has 0 saturated carbocycles. The van der Waals surface area contributed by atoms with E-state index in [4.69, 9.17) is 4.74 Å². The summed E-state index contributed by atoms with van der Waals surface area (Å²) in [5.74, 6) is 0. The van der Waals surface area contributed by atoms with E-state index in [2.05, 4.69) is 47.6 Å². The monoisotopic (exact) mass is 256 g/mol. The highest BCUT2D eigenvalue weighted by Gasteiger charge is 2.19. The third-order valence-corrected chi connectivity index (χ3v) is 3.70. The van der Waals surface area contributed by atoms with Crippen LogP contribution >= 0.6 is 0 Å². The van der Waals surface area contributed by atoms with Gasteiger partial charge in [-0.15, -0.1) is 0 Å². The fraction of sp³-hybridized carbons (Fsp3) is 0.438. The molecule has 19 heavy (non-hydrogen) atoms. The number of ether oxygens (including phenoxy) is 1. The average molecular weight is 256 g/mol. The largest absolute Gasteiger partial charge is 0.380 e. The Morgan fingerprint density at radius 1 is 1.26 bits per heavy atom. The molecule has 0 spiro atoms. The Labute approximate surface area is 114 Å². The van der Waals surface area contributed by atoms with Gasteiger partial charge < -0.3 is 10.1 Å². The van der Waals surface area contributed by atoms with E-state index in [1.807, 2.05) is 6.92 Å². The standard InChI is InChI=1S/C16H20N2O/c1-11-6-7-13-4-3-5-15(16(13)17-11)18-14-8-9-19-12(2)10-14/h3-7,12,14,18H,8-10H2,1-2H3. The number of pyridine rings is 1. The van der Waals surface area contributed by atoms with Crippen LogP contribution in [0.2, 0.25) is 0 Å². The Balaban J connectivity index is 1.89. The van der Waals surface area contributed by atoms with Crippen molar-refractivity contribution in [3.05, 3.63) is 36.0 Å². The van der Waals surface area contributed by atoms with Crippen LogP contribution in [-0.4, -0.2) is 23.7 Å². The fourth-order valence-electron chi connectivity index (χ4n) is 2.71. The van der Waals surface area contributed by atoms with Gasteiger partial charge in [0.05, 0.1) is 17.3 Å². The summed E-state index contributed by atoms with van der Waals surface area (Å²) in [5, 5.41) is 4.83. The minimum atomic E-state index is 0.343. The summed E-state index contributed by atoms with van der Waals surface area (Å²) in [6.07, 6.45) is 2.46. The molecule has 1 saturated heterocycles. The molecule has 1 aromatic carbocycles. The van der Waals surface area contributed by atoms with Gasteiger partial charge in [-0.2, -0.15) is 0 Å². The Morgan fingerprint density at radius 3 is 3.00 bits per heavy atom. The Kier molecular flexibility index (Phi) is 3.38. The van der Waals surface area contributed by atoms with Crippen molar-refractivity contribution in [1.29, 1.82) is 0 Å². The molecule has 0 amide bonds. The van der Waals surface area contributed by atoms with Crippen molar-refractivity contribution in [2.24, 2.45) is 0 Å². The number of anilines is 1. The van der Waals surface area contributed by atoms with Crippen molar-refractivity contribution in [3.8, 4) is 0 Å². The smallest absolute Gasteiger partial charge is 0.0936 e. The van der Waals surface area contributed by atoms with Crippen LogP contribution in [0.15, 0.2) is 30.3 Å². The van der Waals surface area contributed by atoms with Crippen molar-refractivity contribution in [2.75, 3.05) is 11.9 Å². The first kappa shape index (κ1) is 12.4. The molecule has 0 bridgehead atoms. The van der Waals surface area contributed by atoms with Crippen molar-refractivity contribution in [2.45, 2.75) is 38.8 Å². The summed E-state index contributed by atoms with van der Waals surface area (Å²) >= 11 is 0. The van der Waals surface area contributed by atoms with E-state index in [0.29, 0.717) is 12.1 Å². The van der Waals surface area contributed by atoms with Crippen LogP contribution in [-0.2, 0) is 4.74 Å². The Hall–Kier alpha value is -1.61. The third-order valence-electron chi connectivity index (χ3n) is 3.70. The molecule has 1 N–H and O–H groups in total. The van der Waals surface area contributed by atoms with Gasteiger partial charge in [0.25, 0.3) is 0 Å². The van der Waals surface area contributed by atoms with Crippen molar-refractivity contribution in [3.63, 3.8) is 0 Å². The molecule has 2 aromatic rings. The van der Waals surface area contributed by atoms with Crippen LogP contribution in [0.5, 0.6) is 0 Å². The quantitative estimate of drug-likeness (QED) is 0.892. The minimum absolute atomic E-state index is 0.343. The second kappa shape index (κ2) is 5.17. The van der Waals surface area contributed by atoms with E-state index in [0.717, 1.165) is 36.3 Å². The summed E-state index contributed by atoms with van der Waals surface area (Å²) < 4.78 is 5.60. The molecule has 3 heteroatoms. The number of para-hydroxylation sites is 1. The van der Waals surface area contributed by atoms with Crippen molar-refractivity contribution >= 4 is 16.6 Å². The topological polar surface area (TPSA) is 34.1 Å². The van der Waals surface area contributed by atoms with E-state index in [-0.39, 0.29) is 0 Å². The lowest BCUT2D eigenvalue weighted by atomic mass is 10.0. The van der Waals surface area contributed by atoms with Crippen LogP contribution in [0.25, 0.3) is 10.9 Å². The van der Waals surface area contributed by atoms with E-state index >= 15 is 0 Å².